The largest absolute Gasteiger partial charge is 0.354 e. The van der Waals surface area contributed by atoms with Crippen LogP contribution in [0.1, 0.15) is 15.9 Å². The van der Waals surface area contributed by atoms with Gasteiger partial charge < -0.3 is 10.6 Å². The SMILES string of the molecule is N#Cc1cccc(Nc2ccc(NC(=O)c3ccc(Cl)cc3)nc2)c1. The maximum Gasteiger partial charge on any atom is 0.256 e. The summed E-state index contributed by atoms with van der Waals surface area (Å²) < 4.78 is 0. The predicted octanol–water partition coefficient (Wildman–Crippen LogP) is 4.60. The van der Waals surface area contributed by atoms with Crippen LogP contribution in [-0.2, 0) is 0 Å². The molecule has 3 aromatic rings. The maximum atomic E-state index is 12.1. The second kappa shape index (κ2) is 7.47. The van der Waals surface area contributed by atoms with Crippen molar-refractivity contribution >= 4 is 34.7 Å². The van der Waals surface area contributed by atoms with Crippen molar-refractivity contribution in [1.29, 1.82) is 5.26 Å². The number of hydrogen-bond acceptors (Lipinski definition) is 4. The Morgan fingerprint density at radius 3 is 2.52 bits per heavy atom. The van der Waals surface area contributed by atoms with Crippen molar-refractivity contribution in [3.05, 3.63) is 83.0 Å². The fourth-order valence-corrected chi connectivity index (χ4v) is 2.29. The highest BCUT2D eigenvalue weighted by atomic mass is 35.5. The number of rotatable bonds is 4. The van der Waals surface area contributed by atoms with Gasteiger partial charge in [-0.05, 0) is 54.6 Å². The minimum Gasteiger partial charge on any atom is -0.354 e. The number of hydrogen-bond donors (Lipinski definition) is 2. The van der Waals surface area contributed by atoms with Gasteiger partial charge in [-0.3, -0.25) is 4.79 Å². The smallest absolute Gasteiger partial charge is 0.256 e. The third-order valence-corrected chi connectivity index (χ3v) is 3.64. The molecule has 0 bridgehead atoms. The molecule has 122 valence electrons. The number of nitrogens with zero attached hydrogens (tertiary/aromatic N) is 2. The number of nitrogens with one attached hydrogen (secondary N) is 2. The number of aromatic nitrogens is 1. The van der Waals surface area contributed by atoms with E-state index in [-0.39, 0.29) is 5.91 Å². The van der Waals surface area contributed by atoms with Crippen molar-refractivity contribution < 1.29 is 4.79 Å². The van der Waals surface area contributed by atoms with Gasteiger partial charge in [0.15, 0.2) is 0 Å². The first-order valence-corrected chi connectivity index (χ1v) is 7.82. The first kappa shape index (κ1) is 16.5. The lowest BCUT2D eigenvalue weighted by atomic mass is 10.2. The van der Waals surface area contributed by atoms with Crippen LogP contribution in [0.3, 0.4) is 0 Å². The van der Waals surface area contributed by atoms with E-state index in [0.29, 0.717) is 22.0 Å². The van der Waals surface area contributed by atoms with Crippen LogP contribution >= 0.6 is 11.6 Å². The molecular weight excluding hydrogens is 336 g/mol. The molecule has 0 unspecified atom stereocenters. The number of carbonyl (C=O) groups is 1. The molecule has 0 atom stereocenters. The van der Waals surface area contributed by atoms with E-state index in [1.807, 2.05) is 6.07 Å². The zero-order valence-electron chi connectivity index (χ0n) is 13.0. The van der Waals surface area contributed by atoms with Crippen LogP contribution in [0.2, 0.25) is 5.02 Å². The van der Waals surface area contributed by atoms with E-state index in [1.165, 1.54) is 0 Å². The quantitative estimate of drug-likeness (QED) is 0.722. The van der Waals surface area contributed by atoms with E-state index in [1.54, 1.807) is 60.8 Å². The Morgan fingerprint density at radius 1 is 1.04 bits per heavy atom. The lowest BCUT2D eigenvalue weighted by Gasteiger charge is -2.08. The maximum absolute atomic E-state index is 12.1. The summed E-state index contributed by atoms with van der Waals surface area (Å²) in [5.74, 6) is 0.183. The van der Waals surface area contributed by atoms with Crippen LogP contribution in [-0.4, -0.2) is 10.9 Å². The molecule has 2 aromatic carbocycles. The second-order valence-corrected chi connectivity index (χ2v) is 5.65. The van der Waals surface area contributed by atoms with Crippen LogP contribution in [0, 0.1) is 11.3 Å². The van der Waals surface area contributed by atoms with Gasteiger partial charge in [0.05, 0.1) is 23.5 Å². The highest BCUT2D eigenvalue weighted by Crippen LogP contribution is 2.18. The molecule has 0 fully saturated rings. The molecule has 3 rings (SSSR count). The lowest BCUT2D eigenvalue weighted by molar-refractivity contribution is 0.102. The first-order chi connectivity index (χ1) is 12.1. The van der Waals surface area contributed by atoms with Gasteiger partial charge >= 0.3 is 0 Å². The zero-order valence-corrected chi connectivity index (χ0v) is 13.8. The molecule has 0 saturated carbocycles. The Bertz CT molecular complexity index is 931. The normalized spacial score (nSPS) is 9.92. The third kappa shape index (κ3) is 4.34. The Kier molecular flexibility index (Phi) is 4.93. The van der Waals surface area contributed by atoms with E-state index in [0.717, 1.165) is 11.4 Å². The minimum atomic E-state index is -0.258. The Morgan fingerprint density at radius 2 is 1.84 bits per heavy atom. The van der Waals surface area contributed by atoms with E-state index in [9.17, 15) is 4.79 Å². The van der Waals surface area contributed by atoms with Crippen molar-refractivity contribution in [1.82, 2.24) is 4.98 Å². The molecule has 0 spiro atoms. The number of amides is 1. The van der Waals surface area contributed by atoms with Gasteiger partial charge in [0.25, 0.3) is 5.91 Å². The fourth-order valence-electron chi connectivity index (χ4n) is 2.16. The monoisotopic (exact) mass is 348 g/mol. The summed E-state index contributed by atoms with van der Waals surface area (Å²) in [6.07, 6.45) is 1.61. The van der Waals surface area contributed by atoms with Crippen molar-refractivity contribution in [2.45, 2.75) is 0 Å². The Hall–Kier alpha value is -3.36. The molecule has 6 heteroatoms. The van der Waals surface area contributed by atoms with E-state index >= 15 is 0 Å². The first-order valence-electron chi connectivity index (χ1n) is 7.44. The highest BCUT2D eigenvalue weighted by molar-refractivity contribution is 6.30. The number of benzene rings is 2. The van der Waals surface area contributed by atoms with Crippen molar-refractivity contribution in [3.8, 4) is 6.07 Å². The summed E-state index contributed by atoms with van der Waals surface area (Å²) in [6, 6.07) is 19.3. The molecular formula is C19H13ClN4O. The summed E-state index contributed by atoms with van der Waals surface area (Å²) in [7, 11) is 0. The van der Waals surface area contributed by atoms with Crippen LogP contribution < -0.4 is 10.6 Å². The molecule has 0 aliphatic carbocycles. The van der Waals surface area contributed by atoms with Crippen LogP contribution in [0.15, 0.2) is 66.9 Å². The molecule has 0 saturated heterocycles. The zero-order chi connectivity index (χ0) is 17.6. The van der Waals surface area contributed by atoms with Gasteiger partial charge in [0, 0.05) is 16.3 Å². The molecule has 5 nitrogen and oxygen atoms in total. The van der Waals surface area contributed by atoms with Gasteiger partial charge in [0.1, 0.15) is 5.82 Å². The number of anilines is 3. The van der Waals surface area contributed by atoms with Gasteiger partial charge in [-0.15, -0.1) is 0 Å². The molecule has 1 heterocycles. The molecule has 0 aliphatic heterocycles. The Balaban J connectivity index is 1.66. The van der Waals surface area contributed by atoms with Gasteiger partial charge in [-0.25, -0.2) is 4.98 Å². The van der Waals surface area contributed by atoms with E-state index < -0.39 is 0 Å². The van der Waals surface area contributed by atoms with Crippen molar-refractivity contribution in [2.75, 3.05) is 10.6 Å². The number of carbonyl (C=O) groups excluding carboxylic acids is 1. The summed E-state index contributed by atoms with van der Waals surface area (Å²) in [4.78, 5) is 16.3. The average Bonchev–Trinajstić information content (AvgIpc) is 2.64. The molecule has 25 heavy (non-hydrogen) atoms. The summed E-state index contributed by atoms with van der Waals surface area (Å²) >= 11 is 5.81. The molecule has 1 amide bonds. The third-order valence-electron chi connectivity index (χ3n) is 3.39. The van der Waals surface area contributed by atoms with E-state index in [4.69, 9.17) is 16.9 Å². The van der Waals surface area contributed by atoms with Crippen molar-refractivity contribution in [3.63, 3.8) is 0 Å². The summed E-state index contributed by atoms with van der Waals surface area (Å²) in [5.41, 5.74) is 2.62. The molecule has 2 N–H and O–H groups in total. The summed E-state index contributed by atoms with van der Waals surface area (Å²) in [5, 5.41) is 15.4. The van der Waals surface area contributed by atoms with Gasteiger partial charge in [-0.2, -0.15) is 5.26 Å². The van der Waals surface area contributed by atoms with Gasteiger partial charge in [0.2, 0.25) is 0 Å². The van der Waals surface area contributed by atoms with Crippen molar-refractivity contribution in [2.24, 2.45) is 0 Å². The van der Waals surface area contributed by atoms with E-state index in [2.05, 4.69) is 21.7 Å². The van der Waals surface area contributed by atoms with Crippen LogP contribution in [0.5, 0.6) is 0 Å². The second-order valence-electron chi connectivity index (χ2n) is 5.21. The predicted molar refractivity (Wildman–Crippen MR) is 98.1 cm³/mol. The minimum absolute atomic E-state index is 0.258. The standard InChI is InChI=1S/C19H13ClN4O/c20-15-6-4-14(5-7-15)19(25)24-18-9-8-17(12-22-18)23-16-3-1-2-13(10-16)11-21/h1-10,12,23H,(H,22,24,25). The Labute approximate surface area is 149 Å². The lowest BCUT2D eigenvalue weighted by Crippen LogP contribution is -2.12. The highest BCUT2D eigenvalue weighted by Gasteiger charge is 2.06. The van der Waals surface area contributed by atoms with Crippen LogP contribution in [0.25, 0.3) is 0 Å². The molecule has 0 aliphatic rings. The molecule has 1 aromatic heterocycles. The number of nitriles is 1. The molecule has 0 radical (unpaired) electrons. The summed E-state index contributed by atoms with van der Waals surface area (Å²) in [6.45, 7) is 0. The number of halogens is 1. The number of pyridine rings is 1. The topological polar surface area (TPSA) is 77.8 Å². The van der Waals surface area contributed by atoms with Crippen LogP contribution in [0.4, 0.5) is 17.2 Å². The average molecular weight is 349 g/mol. The fraction of sp³-hybridized carbons (Fsp3) is 0. The van der Waals surface area contributed by atoms with Gasteiger partial charge in [-0.1, -0.05) is 17.7 Å².